The number of hydrogen-bond donors (Lipinski definition) is 3. The molecule has 0 radical (unpaired) electrons. The van der Waals surface area contributed by atoms with Crippen LogP contribution in [-0.2, 0) is 10.1 Å². The van der Waals surface area contributed by atoms with Crippen molar-refractivity contribution in [1.82, 2.24) is 5.32 Å². The van der Waals surface area contributed by atoms with Crippen molar-refractivity contribution >= 4 is 10.1 Å². The Morgan fingerprint density at radius 1 is 1.12 bits per heavy atom. The van der Waals surface area contributed by atoms with Gasteiger partial charge in [-0.15, -0.1) is 0 Å². The Hall–Kier alpha value is -0.210. The summed E-state index contributed by atoms with van der Waals surface area (Å²) in [6.07, 6.45) is 1.22. The Kier molecular flexibility index (Phi) is 5.81. The summed E-state index contributed by atoms with van der Waals surface area (Å²) < 4.78 is 30.9. The van der Waals surface area contributed by atoms with Crippen LogP contribution in [-0.4, -0.2) is 74.2 Å². The van der Waals surface area contributed by atoms with Crippen LogP contribution >= 0.6 is 0 Å². The molecular formula is C10H23N2O4S+. The molecule has 1 aliphatic rings. The molecule has 1 fully saturated rings. The molecule has 1 saturated heterocycles. The molecular weight excluding hydrogens is 244 g/mol. The minimum atomic E-state index is -3.85. The van der Waals surface area contributed by atoms with Crippen molar-refractivity contribution in [2.75, 3.05) is 51.6 Å². The maximum atomic E-state index is 10.7. The first-order chi connectivity index (χ1) is 7.97. The third kappa shape index (κ3) is 5.78. The molecule has 0 unspecified atom stereocenters. The first kappa shape index (κ1) is 14.8. The smallest absolute Gasteiger partial charge is 0.265 e. The lowest BCUT2D eigenvalue weighted by molar-refractivity contribution is -0.929. The van der Waals surface area contributed by atoms with E-state index in [4.69, 9.17) is 9.66 Å². The van der Waals surface area contributed by atoms with E-state index in [0.29, 0.717) is 6.42 Å². The quantitative estimate of drug-likeness (QED) is 0.410. The first-order valence-corrected chi connectivity index (χ1v) is 7.70. The van der Waals surface area contributed by atoms with Gasteiger partial charge in [-0.1, -0.05) is 0 Å². The molecule has 3 N–H and O–H groups in total. The molecule has 0 atom stereocenters. The van der Waals surface area contributed by atoms with Gasteiger partial charge in [-0.3, -0.25) is 4.55 Å². The van der Waals surface area contributed by atoms with Crippen LogP contribution in [0, 0.1) is 0 Å². The molecule has 6 nitrogen and oxygen atoms in total. The van der Waals surface area contributed by atoms with Crippen molar-refractivity contribution in [2.24, 2.45) is 0 Å². The highest BCUT2D eigenvalue weighted by Crippen LogP contribution is 2.12. The third-order valence-electron chi connectivity index (χ3n) is 3.35. The van der Waals surface area contributed by atoms with E-state index in [9.17, 15) is 8.42 Å². The van der Waals surface area contributed by atoms with Crippen LogP contribution in [0.5, 0.6) is 0 Å². The monoisotopic (exact) mass is 267 g/mol. The first-order valence-electron chi connectivity index (χ1n) is 6.09. The van der Waals surface area contributed by atoms with E-state index in [1.165, 1.54) is 0 Å². The fourth-order valence-electron chi connectivity index (χ4n) is 2.42. The van der Waals surface area contributed by atoms with Gasteiger partial charge in [-0.25, -0.2) is 0 Å². The maximum absolute atomic E-state index is 10.7. The number of rotatable bonds is 7. The topological polar surface area (TPSA) is 86.6 Å². The number of aliphatic hydroxyl groups excluding tert-OH is 1. The number of piperazine rings is 1. The van der Waals surface area contributed by atoms with Crippen molar-refractivity contribution in [2.45, 2.75) is 12.8 Å². The molecule has 102 valence electrons. The normalized spacial score (nSPS) is 20.4. The second-order valence-corrected chi connectivity index (χ2v) is 6.27. The lowest BCUT2D eigenvalue weighted by Gasteiger charge is -2.42. The Morgan fingerprint density at radius 2 is 1.71 bits per heavy atom. The van der Waals surface area contributed by atoms with Gasteiger partial charge in [-0.2, -0.15) is 8.42 Å². The van der Waals surface area contributed by atoms with Crippen LogP contribution < -0.4 is 5.32 Å². The largest absolute Gasteiger partial charge is 0.396 e. The predicted octanol–water partition coefficient (Wildman–Crippen LogP) is -0.933. The van der Waals surface area contributed by atoms with Crippen LogP contribution in [0.15, 0.2) is 0 Å². The van der Waals surface area contributed by atoms with Gasteiger partial charge in [0.15, 0.2) is 0 Å². The minimum Gasteiger partial charge on any atom is -0.396 e. The summed E-state index contributed by atoms with van der Waals surface area (Å²) in [7, 11) is -3.85. The molecule has 1 aliphatic heterocycles. The lowest BCUT2D eigenvalue weighted by Crippen LogP contribution is -2.59. The summed E-state index contributed by atoms with van der Waals surface area (Å²) in [4.78, 5) is 0. The van der Waals surface area contributed by atoms with Crippen molar-refractivity contribution in [3.8, 4) is 0 Å². The van der Waals surface area contributed by atoms with Crippen LogP contribution in [0.1, 0.15) is 12.8 Å². The summed E-state index contributed by atoms with van der Waals surface area (Å²) in [6.45, 7) is 5.59. The van der Waals surface area contributed by atoms with Gasteiger partial charge in [0.05, 0.1) is 31.9 Å². The number of hydrogen-bond acceptors (Lipinski definition) is 4. The molecule has 0 aromatic carbocycles. The molecule has 1 heterocycles. The van der Waals surface area contributed by atoms with E-state index in [0.717, 1.165) is 50.2 Å². The summed E-state index contributed by atoms with van der Waals surface area (Å²) in [5, 5.41) is 12.2. The molecule has 0 aliphatic carbocycles. The summed E-state index contributed by atoms with van der Waals surface area (Å²) >= 11 is 0. The van der Waals surface area contributed by atoms with Crippen molar-refractivity contribution in [3.63, 3.8) is 0 Å². The lowest BCUT2D eigenvalue weighted by atomic mass is 10.2. The molecule has 17 heavy (non-hydrogen) atoms. The van der Waals surface area contributed by atoms with E-state index in [2.05, 4.69) is 5.32 Å². The Balaban J connectivity index is 2.45. The average Bonchev–Trinajstić information content (AvgIpc) is 2.26. The summed E-state index contributed by atoms with van der Waals surface area (Å²) in [5.74, 6) is -0.167. The van der Waals surface area contributed by atoms with Gasteiger partial charge in [0, 0.05) is 32.5 Å². The van der Waals surface area contributed by atoms with Crippen molar-refractivity contribution in [3.05, 3.63) is 0 Å². The van der Waals surface area contributed by atoms with Crippen LogP contribution in [0.25, 0.3) is 0 Å². The van der Waals surface area contributed by atoms with E-state index in [1.54, 1.807) is 0 Å². The highest BCUT2D eigenvalue weighted by molar-refractivity contribution is 7.85. The SMILES string of the molecule is O=S(=O)(O)CCC[N+]1(CCCO)CCNCC1. The maximum Gasteiger partial charge on any atom is 0.265 e. The zero-order chi connectivity index (χ0) is 12.8. The van der Waals surface area contributed by atoms with Gasteiger partial charge in [0.2, 0.25) is 0 Å². The zero-order valence-electron chi connectivity index (χ0n) is 10.1. The average molecular weight is 267 g/mol. The van der Waals surface area contributed by atoms with Crippen LogP contribution in [0.2, 0.25) is 0 Å². The van der Waals surface area contributed by atoms with E-state index < -0.39 is 10.1 Å². The van der Waals surface area contributed by atoms with Crippen molar-refractivity contribution < 1.29 is 22.6 Å². The van der Waals surface area contributed by atoms with Gasteiger partial charge in [0.1, 0.15) is 0 Å². The number of aliphatic hydroxyl groups is 1. The number of nitrogens with zero attached hydrogens (tertiary/aromatic N) is 1. The van der Waals surface area contributed by atoms with Crippen LogP contribution in [0.3, 0.4) is 0 Å². The Bertz CT molecular complexity index is 312. The molecule has 0 saturated carbocycles. The van der Waals surface area contributed by atoms with Crippen molar-refractivity contribution in [1.29, 1.82) is 0 Å². The van der Waals surface area contributed by atoms with Gasteiger partial charge < -0.3 is 14.9 Å². The minimum absolute atomic E-state index is 0.167. The Morgan fingerprint density at radius 3 is 2.24 bits per heavy atom. The second kappa shape index (κ2) is 6.65. The van der Waals surface area contributed by atoms with Gasteiger partial charge in [-0.05, 0) is 0 Å². The van der Waals surface area contributed by atoms with E-state index >= 15 is 0 Å². The molecule has 0 aromatic rings. The molecule has 0 aromatic heterocycles. The van der Waals surface area contributed by atoms with Crippen LogP contribution in [0.4, 0.5) is 0 Å². The van der Waals surface area contributed by atoms with Gasteiger partial charge in [0.25, 0.3) is 10.1 Å². The number of quaternary nitrogens is 1. The standard InChI is InChI=1S/C10H22N2O4S/c13-9-1-5-12(7-3-11-4-8-12)6-2-10-17(14,15)16/h11,13H,1-10H2/p+1. The Labute approximate surface area is 103 Å². The van der Waals surface area contributed by atoms with Gasteiger partial charge >= 0.3 is 0 Å². The third-order valence-corrected chi connectivity index (χ3v) is 4.16. The summed E-state index contributed by atoms with van der Waals surface area (Å²) in [6, 6.07) is 0. The molecule has 0 bridgehead atoms. The highest BCUT2D eigenvalue weighted by Gasteiger charge is 2.29. The van der Waals surface area contributed by atoms with E-state index in [1.807, 2.05) is 0 Å². The second-order valence-electron chi connectivity index (χ2n) is 4.70. The molecule has 7 heteroatoms. The molecule has 0 spiro atoms. The fraction of sp³-hybridized carbons (Fsp3) is 1.00. The predicted molar refractivity (Wildman–Crippen MR) is 65.3 cm³/mol. The molecule has 0 amide bonds. The zero-order valence-corrected chi connectivity index (χ0v) is 11.0. The molecule has 1 rings (SSSR count). The van der Waals surface area contributed by atoms with E-state index in [-0.39, 0.29) is 12.4 Å². The highest BCUT2D eigenvalue weighted by atomic mass is 32.2. The summed E-state index contributed by atoms with van der Waals surface area (Å²) in [5.41, 5.74) is 0. The fourth-order valence-corrected chi connectivity index (χ4v) is 2.91. The number of nitrogens with one attached hydrogen (secondary N) is 1.